The van der Waals surface area contributed by atoms with Gasteiger partial charge in [-0.05, 0) is 99.0 Å². The first-order chi connectivity index (χ1) is 14.4. The van der Waals surface area contributed by atoms with Crippen molar-refractivity contribution in [2.45, 2.75) is 110 Å². The van der Waals surface area contributed by atoms with Gasteiger partial charge < -0.3 is 15.3 Å². The number of fused-ring (bicyclic) bond motifs is 1. The average Bonchev–Trinajstić information content (AvgIpc) is 3.04. The van der Waals surface area contributed by atoms with Crippen molar-refractivity contribution in [3.8, 4) is 0 Å². The van der Waals surface area contributed by atoms with E-state index in [0.717, 1.165) is 23.5 Å². The van der Waals surface area contributed by atoms with Gasteiger partial charge in [0.1, 0.15) is 0 Å². The zero-order valence-electron chi connectivity index (χ0n) is 20.5. The monoisotopic (exact) mass is 430 g/mol. The standard InChI is InChI=1S/C28H46O3/c1-18(9-10-19(2)27(4,5)31)24-13-14-25-21(8-7-15-28(24,25)6)11-12-22-16-23(29)17-26(30)20(22)3/h11-12,18-19,23-26,29-31H,3,7-10,13-17H2,1-2,4-6H3/b21-11-,22-12+/t18-,19-,23-,24-,25+,26+,28-/m1/s1. The molecule has 3 aliphatic carbocycles. The van der Waals surface area contributed by atoms with E-state index in [1.807, 2.05) is 13.8 Å². The Morgan fingerprint density at radius 3 is 2.55 bits per heavy atom. The molecule has 3 saturated carbocycles. The number of hydrogen-bond donors (Lipinski definition) is 3. The van der Waals surface area contributed by atoms with Gasteiger partial charge in [-0.1, -0.05) is 51.5 Å². The van der Waals surface area contributed by atoms with Crippen LogP contribution in [-0.2, 0) is 0 Å². The van der Waals surface area contributed by atoms with Crippen LogP contribution in [0.2, 0.25) is 0 Å². The Morgan fingerprint density at radius 1 is 1.16 bits per heavy atom. The number of allylic oxidation sites excluding steroid dienone is 3. The molecule has 3 heteroatoms. The van der Waals surface area contributed by atoms with Crippen LogP contribution in [0.5, 0.6) is 0 Å². The summed E-state index contributed by atoms with van der Waals surface area (Å²) < 4.78 is 0. The van der Waals surface area contributed by atoms with Crippen LogP contribution in [0.3, 0.4) is 0 Å². The molecule has 3 aliphatic rings. The molecular weight excluding hydrogens is 384 g/mol. The maximum absolute atomic E-state index is 10.3. The zero-order valence-corrected chi connectivity index (χ0v) is 20.5. The topological polar surface area (TPSA) is 60.7 Å². The van der Waals surface area contributed by atoms with Gasteiger partial charge in [0.05, 0.1) is 17.8 Å². The minimum atomic E-state index is -0.618. The van der Waals surface area contributed by atoms with Crippen LogP contribution in [0.1, 0.15) is 92.4 Å². The van der Waals surface area contributed by atoms with Gasteiger partial charge in [-0.15, -0.1) is 0 Å². The summed E-state index contributed by atoms with van der Waals surface area (Å²) in [5.41, 5.74) is 3.11. The Balaban J connectivity index is 1.71. The van der Waals surface area contributed by atoms with Crippen molar-refractivity contribution < 1.29 is 15.3 Å². The molecule has 7 atom stereocenters. The predicted molar refractivity (Wildman–Crippen MR) is 129 cm³/mol. The molecule has 0 saturated heterocycles. The van der Waals surface area contributed by atoms with Gasteiger partial charge in [-0.25, -0.2) is 0 Å². The second kappa shape index (κ2) is 9.53. The number of aliphatic hydroxyl groups is 3. The largest absolute Gasteiger partial charge is 0.393 e. The molecule has 0 unspecified atom stereocenters. The van der Waals surface area contributed by atoms with Crippen LogP contribution in [0.25, 0.3) is 0 Å². The minimum absolute atomic E-state index is 0.322. The second-order valence-corrected chi connectivity index (χ2v) is 11.8. The third-order valence-electron chi connectivity index (χ3n) is 9.25. The first-order valence-electron chi connectivity index (χ1n) is 12.6. The SMILES string of the molecule is C=C1/C(=C/C=C2/CCC[C@]3(C)[C@@H]([C@H](C)CC[C@@H](C)C(C)(C)O)CC[C@@H]23)C[C@@H](O)C[C@@H]1O. The van der Waals surface area contributed by atoms with E-state index < -0.39 is 17.8 Å². The van der Waals surface area contributed by atoms with Crippen molar-refractivity contribution >= 4 is 0 Å². The molecule has 0 aromatic carbocycles. The highest BCUT2D eigenvalue weighted by molar-refractivity contribution is 5.38. The van der Waals surface area contributed by atoms with Crippen LogP contribution in [0.15, 0.2) is 35.5 Å². The lowest BCUT2D eigenvalue weighted by Crippen LogP contribution is -2.36. The van der Waals surface area contributed by atoms with E-state index in [1.54, 1.807) is 5.57 Å². The summed E-state index contributed by atoms with van der Waals surface area (Å²) >= 11 is 0. The third-order valence-corrected chi connectivity index (χ3v) is 9.25. The fourth-order valence-electron chi connectivity index (χ4n) is 6.75. The lowest BCUT2D eigenvalue weighted by atomic mass is 9.60. The smallest absolute Gasteiger partial charge is 0.0811 e. The van der Waals surface area contributed by atoms with E-state index in [0.29, 0.717) is 36.0 Å². The summed E-state index contributed by atoms with van der Waals surface area (Å²) in [5.74, 6) is 2.39. The van der Waals surface area contributed by atoms with E-state index >= 15 is 0 Å². The Bertz CT molecular complexity index is 712. The Kier molecular flexibility index (Phi) is 7.61. The van der Waals surface area contributed by atoms with Gasteiger partial charge in [0.15, 0.2) is 0 Å². The fourth-order valence-corrected chi connectivity index (χ4v) is 6.75. The van der Waals surface area contributed by atoms with E-state index in [-0.39, 0.29) is 0 Å². The van der Waals surface area contributed by atoms with E-state index in [9.17, 15) is 15.3 Å². The van der Waals surface area contributed by atoms with Gasteiger partial charge in [0.2, 0.25) is 0 Å². The average molecular weight is 431 g/mol. The molecule has 3 nitrogen and oxygen atoms in total. The molecule has 0 amide bonds. The maximum atomic E-state index is 10.3. The predicted octanol–water partition coefficient (Wildman–Crippen LogP) is 5.95. The molecule has 176 valence electrons. The molecule has 31 heavy (non-hydrogen) atoms. The van der Waals surface area contributed by atoms with E-state index in [4.69, 9.17) is 0 Å². The van der Waals surface area contributed by atoms with Crippen LogP contribution in [0, 0.1) is 29.1 Å². The molecule has 3 fully saturated rings. The number of aliphatic hydroxyl groups excluding tert-OH is 2. The second-order valence-electron chi connectivity index (χ2n) is 11.8. The van der Waals surface area contributed by atoms with Crippen molar-refractivity contribution in [3.63, 3.8) is 0 Å². The minimum Gasteiger partial charge on any atom is -0.393 e. The van der Waals surface area contributed by atoms with Gasteiger partial charge in [-0.2, -0.15) is 0 Å². The van der Waals surface area contributed by atoms with Crippen LogP contribution in [0.4, 0.5) is 0 Å². The highest BCUT2D eigenvalue weighted by Crippen LogP contribution is 2.60. The molecule has 3 N–H and O–H groups in total. The van der Waals surface area contributed by atoms with E-state index in [1.165, 1.54) is 38.5 Å². The Morgan fingerprint density at radius 2 is 1.87 bits per heavy atom. The van der Waals surface area contributed by atoms with Crippen molar-refractivity contribution in [1.82, 2.24) is 0 Å². The molecule has 0 bridgehead atoms. The number of rotatable bonds is 6. The maximum Gasteiger partial charge on any atom is 0.0811 e. The highest BCUT2D eigenvalue weighted by Gasteiger charge is 2.50. The normalized spacial score (nSPS) is 39.0. The Labute approximate surface area is 190 Å². The molecular formula is C28H46O3. The van der Waals surface area contributed by atoms with Crippen molar-refractivity contribution in [3.05, 3.63) is 35.5 Å². The first kappa shape index (κ1) is 24.7. The Hall–Kier alpha value is -0.900. The molecule has 3 rings (SSSR count). The quantitative estimate of drug-likeness (QED) is 0.488. The van der Waals surface area contributed by atoms with Crippen molar-refractivity contribution in [2.75, 3.05) is 0 Å². The van der Waals surface area contributed by atoms with Crippen LogP contribution < -0.4 is 0 Å². The molecule has 0 spiro atoms. The van der Waals surface area contributed by atoms with Gasteiger partial charge in [0.25, 0.3) is 0 Å². The summed E-state index contributed by atoms with van der Waals surface area (Å²) in [7, 11) is 0. The van der Waals surface area contributed by atoms with Crippen LogP contribution >= 0.6 is 0 Å². The van der Waals surface area contributed by atoms with Gasteiger partial charge in [-0.3, -0.25) is 0 Å². The lowest BCUT2D eigenvalue weighted by Gasteiger charge is -2.44. The van der Waals surface area contributed by atoms with E-state index in [2.05, 4.69) is 39.5 Å². The van der Waals surface area contributed by atoms with Gasteiger partial charge in [0, 0.05) is 6.42 Å². The van der Waals surface area contributed by atoms with Crippen molar-refractivity contribution in [1.29, 1.82) is 0 Å². The van der Waals surface area contributed by atoms with Crippen LogP contribution in [-0.4, -0.2) is 33.1 Å². The summed E-state index contributed by atoms with van der Waals surface area (Å²) in [6.07, 6.45) is 12.9. The molecule has 0 heterocycles. The highest BCUT2D eigenvalue weighted by atomic mass is 16.3. The van der Waals surface area contributed by atoms with Crippen molar-refractivity contribution in [2.24, 2.45) is 29.1 Å². The molecule has 0 aromatic rings. The zero-order chi connectivity index (χ0) is 23.0. The molecule has 0 aromatic heterocycles. The lowest BCUT2D eigenvalue weighted by molar-refractivity contribution is 0.0150. The molecule has 0 aliphatic heterocycles. The summed E-state index contributed by atoms with van der Waals surface area (Å²) in [6, 6.07) is 0. The summed E-state index contributed by atoms with van der Waals surface area (Å²) in [6.45, 7) is 15.1. The third kappa shape index (κ3) is 5.37. The summed E-state index contributed by atoms with van der Waals surface area (Å²) in [5, 5.41) is 30.5. The fraction of sp³-hybridized carbons (Fsp3) is 0.786. The first-order valence-corrected chi connectivity index (χ1v) is 12.6. The van der Waals surface area contributed by atoms with Gasteiger partial charge >= 0.3 is 0 Å². The number of hydrogen-bond acceptors (Lipinski definition) is 3. The summed E-state index contributed by atoms with van der Waals surface area (Å²) in [4.78, 5) is 0. The molecule has 0 radical (unpaired) electrons.